The maximum Gasteiger partial charge on any atom is 0.284 e. The lowest BCUT2D eigenvalue weighted by Gasteiger charge is -2.06. The molecule has 0 radical (unpaired) electrons. The Morgan fingerprint density at radius 1 is 1.11 bits per heavy atom. The number of aromatic nitrogens is 2. The first-order valence-electron chi connectivity index (χ1n) is 7.92. The molecule has 0 unspecified atom stereocenters. The van der Waals surface area contributed by atoms with E-state index in [1.165, 1.54) is 41.6 Å². The molecule has 0 saturated heterocycles. The zero-order chi connectivity index (χ0) is 20.3. The van der Waals surface area contributed by atoms with Gasteiger partial charge in [0.1, 0.15) is 11.2 Å². The Morgan fingerprint density at radius 3 is 2.54 bits per heavy atom. The molecule has 0 amide bonds. The van der Waals surface area contributed by atoms with Crippen LogP contribution >= 0.6 is 0 Å². The van der Waals surface area contributed by atoms with Gasteiger partial charge in [0.05, 0.1) is 10.5 Å². The number of benzene rings is 2. The molecule has 28 heavy (non-hydrogen) atoms. The van der Waals surface area contributed by atoms with Crippen molar-refractivity contribution in [2.75, 3.05) is 14.1 Å². The van der Waals surface area contributed by atoms with Crippen LogP contribution in [0.25, 0.3) is 22.9 Å². The third kappa shape index (κ3) is 4.04. The first kappa shape index (κ1) is 19.2. The zero-order valence-electron chi connectivity index (χ0n) is 14.9. The second-order valence-electron chi connectivity index (χ2n) is 5.88. The van der Waals surface area contributed by atoms with Crippen molar-refractivity contribution in [2.24, 2.45) is 4.40 Å². The molecule has 144 valence electrons. The van der Waals surface area contributed by atoms with Gasteiger partial charge >= 0.3 is 0 Å². The Bertz CT molecular complexity index is 1150. The fourth-order valence-corrected chi connectivity index (χ4v) is 3.39. The topological polar surface area (TPSA) is 132 Å². The van der Waals surface area contributed by atoms with E-state index >= 15 is 0 Å². The van der Waals surface area contributed by atoms with Gasteiger partial charge in [-0.1, -0.05) is 18.2 Å². The Morgan fingerprint density at radius 2 is 1.82 bits per heavy atom. The predicted molar refractivity (Wildman–Crippen MR) is 101 cm³/mol. The molecule has 3 rings (SSSR count). The average molecular weight is 401 g/mol. The predicted octanol–water partition coefficient (Wildman–Crippen LogP) is 2.59. The van der Waals surface area contributed by atoms with E-state index < -0.39 is 14.9 Å². The van der Waals surface area contributed by atoms with E-state index in [4.69, 9.17) is 4.42 Å². The van der Waals surface area contributed by atoms with Crippen LogP contribution in [0.15, 0.2) is 62.2 Å². The summed E-state index contributed by atoms with van der Waals surface area (Å²) in [6.45, 7) is 0. The van der Waals surface area contributed by atoms with Crippen LogP contribution in [-0.4, -0.2) is 48.9 Å². The summed E-state index contributed by atoms with van der Waals surface area (Å²) in [6.07, 6.45) is 1.18. The molecule has 11 heteroatoms. The number of hydrogen-bond donors (Lipinski definition) is 0. The van der Waals surface area contributed by atoms with Crippen LogP contribution in [-0.2, 0) is 10.0 Å². The second kappa shape index (κ2) is 7.56. The summed E-state index contributed by atoms with van der Waals surface area (Å²) in [7, 11) is -0.703. The van der Waals surface area contributed by atoms with E-state index in [0.29, 0.717) is 5.56 Å². The van der Waals surface area contributed by atoms with E-state index in [0.717, 1.165) is 0 Å². The summed E-state index contributed by atoms with van der Waals surface area (Å²) in [6, 6.07) is 11.8. The van der Waals surface area contributed by atoms with Gasteiger partial charge in [0.2, 0.25) is 11.8 Å². The SMILES string of the molecule is CN(C)/C=N\S(=O)(=O)c1ccccc1-c1nnc(-c2cccc([N+](=O)[O-])c2)o1. The number of nitro groups is 1. The van der Waals surface area contributed by atoms with Crippen molar-refractivity contribution >= 4 is 22.0 Å². The van der Waals surface area contributed by atoms with Gasteiger partial charge in [-0.15, -0.1) is 14.6 Å². The highest BCUT2D eigenvalue weighted by molar-refractivity contribution is 7.90. The number of nitro benzene ring substituents is 1. The second-order valence-corrected chi connectivity index (χ2v) is 7.48. The summed E-state index contributed by atoms with van der Waals surface area (Å²) in [5, 5.41) is 18.7. The van der Waals surface area contributed by atoms with E-state index in [9.17, 15) is 18.5 Å². The highest BCUT2D eigenvalue weighted by Crippen LogP contribution is 2.30. The Hall–Kier alpha value is -3.60. The minimum Gasteiger partial charge on any atom is -0.416 e. The molecule has 0 aliphatic rings. The molecular formula is C17H15N5O5S. The maximum absolute atomic E-state index is 12.5. The Kier molecular flexibility index (Phi) is 5.18. The molecule has 0 saturated carbocycles. The van der Waals surface area contributed by atoms with Crippen LogP contribution in [0.2, 0.25) is 0 Å². The van der Waals surface area contributed by atoms with Gasteiger partial charge in [-0.25, -0.2) is 0 Å². The van der Waals surface area contributed by atoms with Crippen LogP contribution in [0.3, 0.4) is 0 Å². The van der Waals surface area contributed by atoms with Crippen molar-refractivity contribution in [3.63, 3.8) is 0 Å². The van der Waals surface area contributed by atoms with Crippen molar-refractivity contribution in [3.05, 3.63) is 58.6 Å². The molecule has 0 spiro atoms. The van der Waals surface area contributed by atoms with E-state index in [1.807, 2.05) is 0 Å². The van der Waals surface area contributed by atoms with Gasteiger partial charge in [-0.3, -0.25) is 10.1 Å². The highest BCUT2D eigenvalue weighted by atomic mass is 32.2. The Labute approximate surface area is 160 Å². The van der Waals surface area contributed by atoms with Crippen LogP contribution in [0, 0.1) is 10.1 Å². The monoisotopic (exact) mass is 401 g/mol. The Balaban J connectivity index is 2.03. The third-order valence-electron chi connectivity index (χ3n) is 3.54. The molecule has 0 aliphatic heterocycles. The molecule has 0 aliphatic carbocycles. The largest absolute Gasteiger partial charge is 0.416 e. The number of non-ortho nitro benzene ring substituents is 1. The van der Waals surface area contributed by atoms with Crippen molar-refractivity contribution in [1.82, 2.24) is 15.1 Å². The standard InChI is InChI=1S/C17H15N5O5S/c1-21(2)11-18-28(25,26)15-9-4-3-8-14(15)17-20-19-16(27-17)12-6-5-7-13(10-12)22(23)24/h3-11H,1-2H3/b18-11-. The number of hydrogen-bond acceptors (Lipinski definition) is 7. The van der Waals surface area contributed by atoms with Gasteiger partial charge in [0.15, 0.2) is 0 Å². The first-order chi connectivity index (χ1) is 13.3. The molecule has 1 aromatic heterocycles. The minimum absolute atomic E-state index is 0.0303. The molecule has 0 N–H and O–H groups in total. The van der Waals surface area contributed by atoms with E-state index in [2.05, 4.69) is 14.6 Å². The van der Waals surface area contributed by atoms with Gasteiger partial charge in [0.25, 0.3) is 15.7 Å². The highest BCUT2D eigenvalue weighted by Gasteiger charge is 2.22. The summed E-state index contributed by atoms with van der Waals surface area (Å²) in [5.74, 6) is -0.0107. The lowest BCUT2D eigenvalue weighted by Crippen LogP contribution is -2.10. The molecular weight excluding hydrogens is 386 g/mol. The van der Waals surface area contributed by atoms with Gasteiger partial charge in [-0.05, 0) is 18.2 Å². The number of rotatable bonds is 6. The van der Waals surface area contributed by atoms with Crippen LogP contribution in [0.1, 0.15) is 0 Å². The fourth-order valence-electron chi connectivity index (χ4n) is 2.28. The quantitative estimate of drug-likeness (QED) is 0.266. The summed E-state index contributed by atoms with van der Waals surface area (Å²) >= 11 is 0. The van der Waals surface area contributed by atoms with E-state index in [-0.39, 0.29) is 27.9 Å². The molecule has 1 heterocycles. The fraction of sp³-hybridized carbons (Fsp3) is 0.118. The van der Waals surface area contributed by atoms with Crippen molar-refractivity contribution < 1.29 is 17.8 Å². The summed E-state index contributed by atoms with van der Waals surface area (Å²) < 4.78 is 34.3. The number of sulfonamides is 1. The van der Waals surface area contributed by atoms with E-state index in [1.54, 1.807) is 32.3 Å². The normalized spacial score (nSPS) is 11.6. The van der Waals surface area contributed by atoms with Crippen LogP contribution in [0.5, 0.6) is 0 Å². The van der Waals surface area contributed by atoms with Gasteiger partial charge < -0.3 is 9.32 Å². The molecule has 0 fully saturated rings. The summed E-state index contributed by atoms with van der Waals surface area (Å²) in [4.78, 5) is 11.8. The molecule has 3 aromatic rings. The van der Waals surface area contributed by atoms with Crippen molar-refractivity contribution in [1.29, 1.82) is 0 Å². The van der Waals surface area contributed by atoms with Gasteiger partial charge in [0, 0.05) is 31.8 Å². The minimum atomic E-state index is -4.00. The van der Waals surface area contributed by atoms with Crippen molar-refractivity contribution in [3.8, 4) is 22.9 Å². The molecule has 0 bridgehead atoms. The smallest absolute Gasteiger partial charge is 0.284 e. The molecule has 0 atom stereocenters. The van der Waals surface area contributed by atoms with Gasteiger partial charge in [-0.2, -0.15) is 8.42 Å². The molecule has 2 aromatic carbocycles. The molecule has 10 nitrogen and oxygen atoms in total. The summed E-state index contributed by atoms with van der Waals surface area (Å²) in [5.41, 5.74) is 0.403. The maximum atomic E-state index is 12.5. The van der Waals surface area contributed by atoms with Crippen molar-refractivity contribution in [2.45, 2.75) is 4.90 Å². The van der Waals surface area contributed by atoms with Crippen LogP contribution in [0.4, 0.5) is 5.69 Å². The third-order valence-corrected chi connectivity index (χ3v) is 4.82. The lowest BCUT2D eigenvalue weighted by molar-refractivity contribution is -0.384. The lowest BCUT2D eigenvalue weighted by atomic mass is 10.2. The average Bonchev–Trinajstić information content (AvgIpc) is 3.17. The first-order valence-corrected chi connectivity index (χ1v) is 9.36. The zero-order valence-corrected chi connectivity index (χ0v) is 15.7. The van der Waals surface area contributed by atoms with Crippen LogP contribution < -0.4 is 0 Å². The number of nitrogens with zero attached hydrogens (tertiary/aromatic N) is 5.